The van der Waals surface area contributed by atoms with Crippen molar-refractivity contribution in [2.45, 2.75) is 50.6 Å². The van der Waals surface area contributed by atoms with Crippen molar-refractivity contribution in [3.05, 3.63) is 62.8 Å². The van der Waals surface area contributed by atoms with Gasteiger partial charge in [0.15, 0.2) is 0 Å². The van der Waals surface area contributed by atoms with Gasteiger partial charge < -0.3 is 10.4 Å². The predicted molar refractivity (Wildman–Crippen MR) is 121 cm³/mol. The lowest BCUT2D eigenvalue weighted by Crippen LogP contribution is -2.49. The predicted octanol–water partition coefficient (Wildman–Crippen LogP) is 5.08. The van der Waals surface area contributed by atoms with Crippen LogP contribution in [0.1, 0.15) is 44.2 Å². The van der Waals surface area contributed by atoms with Crippen LogP contribution in [-0.4, -0.2) is 29.1 Å². The number of carboxylic acid groups (broad SMARTS) is 1. The summed E-state index contributed by atoms with van der Waals surface area (Å²) in [5.74, 6) is -3.16. The van der Waals surface area contributed by atoms with Gasteiger partial charge in [0.25, 0.3) is 0 Å². The Balaban J connectivity index is 2.04. The number of amides is 1. The molecule has 0 radical (unpaired) electrons. The molecule has 0 bridgehead atoms. The molecule has 4 unspecified atom stereocenters. The van der Waals surface area contributed by atoms with Gasteiger partial charge in [-0.15, -0.1) is 0 Å². The monoisotopic (exact) mass is 508 g/mol. The summed E-state index contributed by atoms with van der Waals surface area (Å²) in [6, 6.07) is 8.24. The van der Waals surface area contributed by atoms with E-state index in [0.29, 0.717) is 17.7 Å². The van der Waals surface area contributed by atoms with Crippen molar-refractivity contribution < 1.29 is 19.1 Å². The fourth-order valence-corrected chi connectivity index (χ4v) is 5.68. The number of carboxylic acids is 1. The molecule has 2 aliphatic rings. The minimum absolute atomic E-state index is 0.106. The summed E-state index contributed by atoms with van der Waals surface area (Å²) in [5.41, 5.74) is -0.143. The molecule has 8 heteroatoms. The molecule has 1 fully saturated rings. The van der Waals surface area contributed by atoms with Crippen LogP contribution in [0.3, 0.4) is 0 Å². The second-order valence-corrected chi connectivity index (χ2v) is 10.8. The number of anilines is 1. The van der Waals surface area contributed by atoms with Crippen molar-refractivity contribution in [3.8, 4) is 0 Å². The third-order valence-electron chi connectivity index (χ3n) is 6.20. The van der Waals surface area contributed by atoms with Gasteiger partial charge in [0.05, 0.1) is 5.02 Å². The zero-order chi connectivity index (χ0) is 22.7. The maximum absolute atomic E-state index is 15.3. The fourth-order valence-electron chi connectivity index (χ4n) is 5.14. The van der Waals surface area contributed by atoms with Crippen molar-refractivity contribution in [1.82, 2.24) is 5.32 Å². The van der Waals surface area contributed by atoms with E-state index in [1.807, 2.05) is 32.9 Å². The Kier molecular flexibility index (Phi) is 5.43. The smallest absolute Gasteiger partial charge is 0.321 e. The molecule has 0 aliphatic carbocycles. The minimum Gasteiger partial charge on any atom is -0.480 e. The number of fused-ring (bicyclic) bond motifs is 2. The number of carbonyl (C=O) groups excluding carboxylic acids is 1. The normalized spacial score (nSPS) is 27.4. The highest BCUT2D eigenvalue weighted by molar-refractivity contribution is 9.10. The lowest BCUT2D eigenvalue weighted by atomic mass is 9.62. The number of aliphatic carboxylic acids is 1. The summed E-state index contributed by atoms with van der Waals surface area (Å²) >= 11 is 9.49. The lowest BCUT2D eigenvalue weighted by molar-refractivity contribution is -0.139. The molecule has 31 heavy (non-hydrogen) atoms. The maximum atomic E-state index is 15.3. The van der Waals surface area contributed by atoms with E-state index in [1.165, 1.54) is 12.1 Å². The van der Waals surface area contributed by atoms with E-state index < -0.39 is 35.2 Å². The van der Waals surface area contributed by atoms with Crippen LogP contribution in [0, 0.1) is 11.2 Å². The third-order valence-corrected chi connectivity index (χ3v) is 6.99. The van der Waals surface area contributed by atoms with Gasteiger partial charge in [0.1, 0.15) is 17.3 Å². The summed E-state index contributed by atoms with van der Waals surface area (Å²) in [6.45, 7) is 6.09. The number of halogens is 3. The van der Waals surface area contributed by atoms with Crippen LogP contribution in [0.4, 0.5) is 10.1 Å². The van der Waals surface area contributed by atoms with Crippen molar-refractivity contribution >= 4 is 45.1 Å². The van der Waals surface area contributed by atoms with Crippen LogP contribution in [0.15, 0.2) is 40.9 Å². The number of hydrogen-bond donors (Lipinski definition) is 3. The van der Waals surface area contributed by atoms with E-state index in [0.717, 1.165) is 4.47 Å². The highest BCUT2D eigenvalue weighted by atomic mass is 79.9. The van der Waals surface area contributed by atoms with E-state index in [2.05, 4.69) is 26.6 Å². The van der Waals surface area contributed by atoms with Crippen LogP contribution in [0.5, 0.6) is 0 Å². The summed E-state index contributed by atoms with van der Waals surface area (Å²) in [6.07, 6.45) is 0.512. The van der Waals surface area contributed by atoms with E-state index in [-0.39, 0.29) is 21.9 Å². The molecule has 164 valence electrons. The molecule has 0 aromatic heterocycles. The topological polar surface area (TPSA) is 78.4 Å². The largest absolute Gasteiger partial charge is 0.480 e. The Hall–Kier alpha value is -1.96. The highest BCUT2D eigenvalue weighted by Gasteiger charge is 2.66. The van der Waals surface area contributed by atoms with Crippen LogP contribution < -0.4 is 10.6 Å². The molecule has 1 spiro atoms. The zero-order valence-electron chi connectivity index (χ0n) is 17.3. The molecule has 4 rings (SSSR count). The SMILES string of the molecule is CC(C)(C)CC1NC(C(=O)O)C(c2cccc(Cl)c2F)C12C(=O)Nc1cc(Br)ccc12. The van der Waals surface area contributed by atoms with Crippen LogP contribution in [-0.2, 0) is 15.0 Å². The third kappa shape index (κ3) is 3.47. The molecule has 1 amide bonds. The van der Waals surface area contributed by atoms with Gasteiger partial charge in [0, 0.05) is 22.1 Å². The van der Waals surface area contributed by atoms with Crippen LogP contribution >= 0.6 is 27.5 Å². The number of nitrogens with one attached hydrogen (secondary N) is 2. The number of carbonyl (C=O) groups is 2. The minimum atomic E-state index is -1.31. The molecular formula is C23H23BrClFN2O3. The van der Waals surface area contributed by atoms with Gasteiger partial charge in [-0.05, 0) is 41.2 Å². The molecule has 5 nitrogen and oxygen atoms in total. The molecule has 2 aromatic rings. The van der Waals surface area contributed by atoms with Crippen LogP contribution in [0.25, 0.3) is 0 Å². The van der Waals surface area contributed by atoms with Gasteiger partial charge in [-0.3, -0.25) is 14.9 Å². The van der Waals surface area contributed by atoms with Gasteiger partial charge >= 0.3 is 5.97 Å². The lowest BCUT2D eigenvalue weighted by Gasteiger charge is -2.37. The highest BCUT2D eigenvalue weighted by Crippen LogP contribution is 2.57. The number of hydrogen-bond acceptors (Lipinski definition) is 3. The molecule has 2 heterocycles. The van der Waals surface area contributed by atoms with Crippen molar-refractivity contribution in [1.29, 1.82) is 0 Å². The Labute approximate surface area is 193 Å². The maximum Gasteiger partial charge on any atom is 0.321 e. The average Bonchev–Trinajstić information content (AvgIpc) is 3.12. The molecule has 2 aromatic carbocycles. The second kappa shape index (κ2) is 7.57. The van der Waals surface area contributed by atoms with E-state index in [9.17, 15) is 14.7 Å². The van der Waals surface area contributed by atoms with E-state index in [1.54, 1.807) is 12.1 Å². The molecular weight excluding hydrogens is 487 g/mol. The Bertz CT molecular complexity index is 1090. The average molecular weight is 510 g/mol. The van der Waals surface area contributed by atoms with Gasteiger partial charge in [-0.1, -0.05) is 66.5 Å². The van der Waals surface area contributed by atoms with Crippen molar-refractivity contribution in [2.24, 2.45) is 5.41 Å². The first-order chi connectivity index (χ1) is 14.5. The first-order valence-electron chi connectivity index (χ1n) is 10.0. The Morgan fingerprint density at radius 1 is 1.29 bits per heavy atom. The van der Waals surface area contributed by atoms with Crippen molar-refractivity contribution in [2.75, 3.05) is 5.32 Å². The quantitative estimate of drug-likeness (QED) is 0.539. The second-order valence-electron chi connectivity index (χ2n) is 9.43. The molecule has 1 saturated heterocycles. The van der Waals surface area contributed by atoms with Gasteiger partial charge in [0.2, 0.25) is 5.91 Å². The summed E-state index contributed by atoms with van der Waals surface area (Å²) in [7, 11) is 0. The van der Waals surface area contributed by atoms with Crippen molar-refractivity contribution in [3.63, 3.8) is 0 Å². The number of benzene rings is 2. The first kappa shape index (κ1) is 22.2. The molecule has 0 saturated carbocycles. The molecule has 3 N–H and O–H groups in total. The molecule has 2 aliphatic heterocycles. The van der Waals surface area contributed by atoms with Gasteiger partial charge in [-0.2, -0.15) is 0 Å². The van der Waals surface area contributed by atoms with Crippen LogP contribution in [0.2, 0.25) is 5.02 Å². The Morgan fingerprint density at radius 3 is 2.65 bits per heavy atom. The summed E-state index contributed by atoms with van der Waals surface area (Å²) < 4.78 is 16.0. The molecule has 4 atom stereocenters. The zero-order valence-corrected chi connectivity index (χ0v) is 19.6. The fraction of sp³-hybridized carbons (Fsp3) is 0.391. The van der Waals surface area contributed by atoms with Gasteiger partial charge in [-0.25, -0.2) is 4.39 Å². The van der Waals surface area contributed by atoms with E-state index in [4.69, 9.17) is 11.6 Å². The standard InChI is InChI=1S/C23H23BrClFN2O3/c1-22(2,3)10-16-23(13-8-7-11(24)9-15(13)27-21(23)31)17(19(28-16)20(29)30)12-5-4-6-14(25)18(12)26/h4-9,16-17,19,28H,10H2,1-3H3,(H,27,31)(H,29,30). The summed E-state index contributed by atoms with van der Waals surface area (Å²) in [4.78, 5) is 26.0. The summed E-state index contributed by atoms with van der Waals surface area (Å²) in [5, 5.41) is 16.1. The van der Waals surface area contributed by atoms with E-state index >= 15 is 4.39 Å². The Morgan fingerprint density at radius 2 is 2.00 bits per heavy atom. The number of rotatable bonds is 3. The first-order valence-corrected chi connectivity index (χ1v) is 11.2.